The zero-order valence-corrected chi connectivity index (χ0v) is 14.3. The van der Waals surface area contributed by atoms with Gasteiger partial charge in [0.15, 0.2) is 11.4 Å². The van der Waals surface area contributed by atoms with Gasteiger partial charge >= 0.3 is 0 Å². The summed E-state index contributed by atoms with van der Waals surface area (Å²) in [4.78, 5) is 24.0. The first-order chi connectivity index (χ1) is 13.1. The minimum absolute atomic E-state index is 0.381. The van der Waals surface area contributed by atoms with Gasteiger partial charge in [0.05, 0.1) is 23.6 Å². The summed E-state index contributed by atoms with van der Waals surface area (Å²) in [5.74, 6) is -1.22. The Balaban J connectivity index is 1.98. The second-order valence-corrected chi connectivity index (χ2v) is 5.87. The molecule has 8 heteroatoms. The standard InChI is InChI=1S/C19H15N5O3/c1-20-19(27)17-18(26)16(25)10-24(23-17)15-8-3-2-5-12(15)11-6-4-7-14-13(11)9-21-22-14/h2-10,25H,1H3,(H,20,27)(H,21,22). The number of amides is 1. The Morgan fingerprint density at radius 2 is 1.93 bits per heavy atom. The van der Waals surface area contributed by atoms with Crippen LogP contribution in [-0.4, -0.2) is 38.0 Å². The van der Waals surface area contributed by atoms with E-state index in [0.29, 0.717) is 5.69 Å². The van der Waals surface area contributed by atoms with Crippen LogP contribution in [0, 0.1) is 0 Å². The molecule has 27 heavy (non-hydrogen) atoms. The number of aromatic amines is 1. The van der Waals surface area contributed by atoms with Crippen LogP contribution in [-0.2, 0) is 0 Å². The third kappa shape index (κ3) is 2.73. The zero-order valence-electron chi connectivity index (χ0n) is 14.3. The van der Waals surface area contributed by atoms with Crippen molar-refractivity contribution in [3.63, 3.8) is 0 Å². The van der Waals surface area contributed by atoms with E-state index in [4.69, 9.17) is 0 Å². The molecule has 0 saturated heterocycles. The second-order valence-electron chi connectivity index (χ2n) is 5.87. The van der Waals surface area contributed by atoms with E-state index < -0.39 is 17.1 Å². The van der Waals surface area contributed by atoms with Gasteiger partial charge in [-0.25, -0.2) is 4.68 Å². The Hall–Kier alpha value is -3.94. The predicted octanol–water partition coefficient (Wildman–Crippen LogP) is 1.84. The molecule has 0 atom stereocenters. The summed E-state index contributed by atoms with van der Waals surface area (Å²) >= 11 is 0. The van der Waals surface area contributed by atoms with Crippen molar-refractivity contribution in [1.29, 1.82) is 0 Å². The van der Waals surface area contributed by atoms with Gasteiger partial charge in [0.1, 0.15) is 0 Å². The number of nitrogens with one attached hydrogen (secondary N) is 2. The summed E-state index contributed by atoms with van der Waals surface area (Å²) in [6, 6.07) is 13.1. The fraction of sp³-hybridized carbons (Fsp3) is 0.0526. The number of para-hydroxylation sites is 1. The van der Waals surface area contributed by atoms with Crippen molar-refractivity contribution in [2.45, 2.75) is 0 Å². The van der Waals surface area contributed by atoms with Crippen LogP contribution in [0.5, 0.6) is 5.75 Å². The quantitative estimate of drug-likeness (QED) is 0.515. The van der Waals surface area contributed by atoms with Gasteiger partial charge in [0, 0.05) is 18.0 Å². The Morgan fingerprint density at radius 3 is 2.74 bits per heavy atom. The summed E-state index contributed by atoms with van der Waals surface area (Å²) < 4.78 is 1.33. The highest BCUT2D eigenvalue weighted by Crippen LogP contribution is 2.31. The lowest BCUT2D eigenvalue weighted by Crippen LogP contribution is -2.29. The van der Waals surface area contributed by atoms with E-state index in [1.165, 1.54) is 17.9 Å². The highest BCUT2D eigenvalue weighted by molar-refractivity contribution is 5.96. The molecule has 0 saturated carbocycles. The molecule has 0 fully saturated rings. The Labute approximate surface area is 153 Å². The monoisotopic (exact) mass is 361 g/mol. The van der Waals surface area contributed by atoms with E-state index in [-0.39, 0.29) is 5.69 Å². The number of rotatable bonds is 3. The summed E-state index contributed by atoms with van der Waals surface area (Å²) in [6.07, 6.45) is 2.93. The number of carbonyl (C=O) groups excluding carboxylic acids is 1. The number of nitrogens with zero attached hydrogens (tertiary/aromatic N) is 3. The number of hydrogen-bond donors (Lipinski definition) is 3. The molecule has 0 aliphatic heterocycles. The number of aromatic hydroxyl groups is 1. The van der Waals surface area contributed by atoms with Crippen molar-refractivity contribution >= 4 is 16.8 Å². The number of aromatic nitrogens is 4. The summed E-state index contributed by atoms with van der Waals surface area (Å²) in [5, 5.41) is 24.4. The van der Waals surface area contributed by atoms with Crippen molar-refractivity contribution in [3.8, 4) is 22.6 Å². The third-order valence-corrected chi connectivity index (χ3v) is 4.27. The molecule has 2 heterocycles. The number of benzene rings is 2. The molecular weight excluding hydrogens is 346 g/mol. The van der Waals surface area contributed by atoms with E-state index in [1.54, 1.807) is 12.3 Å². The molecule has 2 aromatic heterocycles. The van der Waals surface area contributed by atoms with Crippen LogP contribution in [0.1, 0.15) is 10.5 Å². The van der Waals surface area contributed by atoms with Crippen molar-refractivity contribution in [1.82, 2.24) is 25.3 Å². The molecule has 134 valence electrons. The first-order valence-electron chi connectivity index (χ1n) is 8.17. The van der Waals surface area contributed by atoms with Crippen molar-refractivity contribution in [3.05, 3.63) is 70.8 Å². The molecule has 0 aliphatic carbocycles. The van der Waals surface area contributed by atoms with Crippen LogP contribution >= 0.6 is 0 Å². The van der Waals surface area contributed by atoms with Crippen LogP contribution < -0.4 is 10.7 Å². The smallest absolute Gasteiger partial charge is 0.275 e. The molecule has 0 radical (unpaired) electrons. The number of fused-ring (bicyclic) bond motifs is 1. The van der Waals surface area contributed by atoms with Gasteiger partial charge < -0.3 is 10.4 Å². The summed E-state index contributed by atoms with van der Waals surface area (Å²) in [6.45, 7) is 0. The number of carbonyl (C=O) groups is 1. The molecular formula is C19H15N5O3. The lowest BCUT2D eigenvalue weighted by atomic mass is 10.0. The van der Waals surface area contributed by atoms with Gasteiger partial charge in [-0.05, 0) is 17.7 Å². The lowest BCUT2D eigenvalue weighted by molar-refractivity contribution is 0.0954. The fourth-order valence-electron chi connectivity index (χ4n) is 2.97. The van der Waals surface area contributed by atoms with E-state index in [2.05, 4.69) is 20.6 Å². The molecule has 0 spiro atoms. The molecule has 0 unspecified atom stereocenters. The van der Waals surface area contributed by atoms with Gasteiger partial charge in [-0.15, -0.1) is 0 Å². The van der Waals surface area contributed by atoms with Crippen molar-refractivity contribution in [2.24, 2.45) is 0 Å². The molecule has 4 aromatic rings. The predicted molar refractivity (Wildman–Crippen MR) is 100.0 cm³/mol. The molecule has 8 nitrogen and oxygen atoms in total. The molecule has 4 rings (SSSR count). The Bertz CT molecular complexity index is 1230. The van der Waals surface area contributed by atoms with Gasteiger partial charge in [-0.1, -0.05) is 30.3 Å². The second kappa shape index (κ2) is 6.41. The zero-order chi connectivity index (χ0) is 19.0. The highest BCUT2D eigenvalue weighted by atomic mass is 16.3. The maximum absolute atomic E-state index is 12.0. The first kappa shape index (κ1) is 16.5. The lowest BCUT2D eigenvalue weighted by Gasteiger charge is -2.13. The maximum atomic E-state index is 12.0. The summed E-state index contributed by atoms with van der Waals surface area (Å²) in [5.41, 5.74) is 1.99. The molecule has 2 aromatic carbocycles. The van der Waals surface area contributed by atoms with E-state index in [0.717, 1.165) is 22.0 Å². The van der Waals surface area contributed by atoms with Gasteiger partial charge in [0.25, 0.3) is 11.3 Å². The number of H-pyrrole nitrogens is 1. The molecule has 3 N–H and O–H groups in total. The average Bonchev–Trinajstić information content (AvgIpc) is 3.18. The SMILES string of the molecule is CNC(=O)c1nn(-c2ccccc2-c2cccc3[nH]ncc23)cc(O)c1=O. The molecule has 0 bridgehead atoms. The average molecular weight is 361 g/mol. The van der Waals surface area contributed by atoms with Crippen LogP contribution in [0.3, 0.4) is 0 Å². The van der Waals surface area contributed by atoms with Crippen LogP contribution in [0.2, 0.25) is 0 Å². The van der Waals surface area contributed by atoms with Crippen LogP contribution in [0.15, 0.2) is 59.7 Å². The first-order valence-corrected chi connectivity index (χ1v) is 8.17. The van der Waals surface area contributed by atoms with E-state index >= 15 is 0 Å². The minimum Gasteiger partial charge on any atom is -0.503 e. The number of hydrogen-bond acceptors (Lipinski definition) is 5. The van der Waals surface area contributed by atoms with E-state index in [9.17, 15) is 14.7 Å². The fourth-order valence-corrected chi connectivity index (χ4v) is 2.97. The maximum Gasteiger partial charge on any atom is 0.275 e. The van der Waals surface area contributed by atoms with Crippen molar-refractivity contribution < 1.29 is 9.90 Å². The largest absolute Gasteiger partial charge is 0.503 e. The summed E-state index contributed by atoms with van der Waals surface area (Å²) in [7, 11) is 1.39. The van der Waals surface area contributed by atoms with Gasteiger partial charge in [0.2, 0.25) is 0 Å². The highest BCUT2D eigenvalue weighted by Gasteiger charge is 2.18. The third-order valence-electron chi connectivity index (χ3n) is 4.27. The normalized spacial score (nSPS) is 10.9. The topological polar surface area (TPSA) is 113 Å². The minimum atomic E-state index is -0.819. The van der Waals surface area contributed by atoms with Crippen LogP contribution in [0.25, 0.3) is 27.7 Å². The van der Waals surface area contributed by atoms with Gasteiger partial charge in [-0.3, -0.25) is 14.7 Å². The Kier molecular flexibility index (Phi) is 3.92. The molecule has 0 aliphatic rings. The van der Waals surface area contributed by atoms with Gasteiger partial charge in [-0.2, -0.15) is 10.2 Å². The van der Waals surface area contributed by atoms with Crippen molar-refractivity contribution in [2.75, 3.05) is 7.05 Å². The Morgan fingerprint density at radius 1 is 1.15 bits per heavy atom. The molecule has 1 amide bonds. The van der Waals surface area contributed by atoms with Crippen LogP contribution in [0.4, 0.5) is 0 Å². The van der Waals surface area contributed by atoms with E-state index in [1.807, 2.05) is 36.4 Å².